The van der Waals surface area contributed by atoms with Crippen molar-refractivity contribution in [2.75, 3.05) is 39.5 Å². The summed E-state index contributed by atoms with van der Waals surface area (Å²) >= 11 is 1.46. The van der Waals surface area contributed by atoms with Gasteiger partial charge in [-0.25, -0.2) is 4.98 Å². The van der Waals surface area contributed by atoms with Gasteiger partial charge in [0.2, 0.25) is 5.91 Å². The van der Waals surface area contributed by atoms with Crippen LogP contribution in [0.2, 0.25) is 0 Å². The fraction of sp³-hybridized carbons (Fsp3) is 0.513. The number of hydrogen-bond acceptors (Lipinski definition) is 20. The van der Waals surface area contributed by atoms with Crippen LogP contribution in [0.3, 0.4) is 0 Å². The lowest BCUT2D eigenvalue weighted by molar-refractivity contribution is -0.790. The first kappa shape index (κ1) is 52.9. The number of imidazole rings is 1. The summed E-state index contributed by atoms with van der Waals surface area (Å²) in [4.78, 5) is 115. The van der Waals surface area contributed by atoms with Gasteiger partial charge in [-0.05, 0) is 91.1 Å². The van der Waals surface area contributed by atoms with Gasteiger partial charge in [-0.3, -0.25) is 19.2 Å². The molecular formula is C39H50N8O18S. The molecule has 2 amide bonds. The van der Waals surface area contributed by atoms with Crippen LogP contribution in [0.15, 0.2) is 52.9 Å². The zero-order valence-corrected chi connectivity index (χ0v) is 36.6. The average molecular weight is 951 g/mol. The minimum Gasteiger partial charge on any atom is -0.464 e. The maximum atomic E-state index is 13.6. The largest absolute Gasteiger partial charge is 0.464 e. The molecule has 3 aromatic rings. The van der Waals surface area contributed by atoms with E-state index in [9.17, 15) is 59.6 Å². The third-order valence-electron chi connectivity index (χ3n) is 9.22. The number of hydrogen-bond donors (Lipinski definition) is 2. The predicted molar refractivity (Wildman–Crippen MR) is 227 cm³/mol. The predicted octanol–water partition coefficient (Wildman–Crippen LogP) is 3.81. The number of nitrogens with one attached hydrogen (secondary N) is 2. The Morgan fingerprint density at radius 3 is 1.85 bits per heavy atom. The number of thiophene rings is 1. The van der Waals surface area contributed by atoms with Gasteiger partial charge in [-0.15, -0.1) is 40.5 Å². The maximum absolute atomic E-state index is 13.6. The van der Waals surface area contributed by atoms with Crippen molar-refractivity contribution in [3.8, 4) is 0 Å². The Hall–Kier alpha value is -7.45. The molecule has 2 atom stereocenters. The number of aryl methyl sites for hydroxylation is 1. The molecule has 2 unspecified atom stereocenters. The van der Waals surface area contributed by atoms with Gasteiger partial charge in [-0.2, -0.15) is 11.3 Å². The maximum Gasteiger partial charge on any atom is 0.325 e. The van der Waals surface area contributed by atoms with Crippen molar-refractivity contribution in [2.45, 2.75) is 89.9 Å². The summed E-state index contributed by atoms with van der Waals surface area (Å²) in [5.74, 6) is -1.76. The van der Waals surface area contributed by atoms with Crippen LogP contribution < -0.4 is 10.6 Å². The van der Waals surface area contributed by atoms with E-state index in [1.807, 2.05) is 28.3 Å². The smallest absolute Gasteiger partial charge is 0.325 e. The first-order chi connectivity index (χ1) is 31.6. The number of carbonyl (C=O) groups excluding carboxylic acids is 4. The molecule has 2 N–H and O–H groups in total. The second-order valence-corrected chi connectivity index (χ2v) is 15.0. The van der Waals surface area contributed by atoms with E-state index < -0.39 is 82.6 Å². The summed E-state index contributed by atoms with van der Waals surface area (Å²) < 4.78 is 12.3. The molecule has 2 heterocycles. The zero-order valence-electron chi connectivity index (χ0n) is 35.8. The van der Waals surface area contributed by atoms with Gasteiger partial charge < -0.3 is 44.0 Å². The summed E-state index contributed by atoms with van der Waals surface area (Å²) in [6, 6.07) is 8.53. The van der Waals surface area contributed by atoms with Gasteiger partial charge in [0.15, 0.2) is 0 Å². The van der Waals surface area contributed by atoms with Crippen LogP contribution in [0.1, 0.15) is 91.3 Å². The van der Waals surface area contributed by atoms with Crippen molar-refractivity contribution in [2.24, 2.45) is 0 Å². The quantitative estimate of drug-likeness (QED) is 0.0282. The molecule has 0 aliphatic rings. The van der Waals surface area contributed by atoms with Crippen LogP contribution in [0.5, 0.6) is 0 Å². The Balaban J connectivity index is 1.58. The van der Waals surface area contributed by atoms with Gasteiger partial charge in [0.1, 0.15) is 44.3 Å². The Kier molecular flexibility index (Phi) is 23.3. The number of benzene rings is 1. The standard InChI is InChI=1S/C39H50N8O18S/c1-2-3-10-35-40-21-32(20-31(19-29-15-18-66-27-29)39(51)42-23-37(49)61-17-7-5-9-34(65-47(58)59)26-63-45(54)55)43(35)24-28-11-13-30(14-12-28)38(50)41-22-36(48)60-16-6-4-8-33(64-46(56)57)25-62-44(52)53/h11-15,18,20-21,27,33-34H,2-10,16-17,19,22-26H2,1H3,(H,41,50)(H,42,51)/b31-20+. The number of aromatic nitrogens is 2. The minimum atomic E-state index is -1.18. The SMILES string of the molecule is CCCCc1ncc(/C=C(\Cc2ccsc2)C(=O)NCC(=O)OCCCCC(CO[N+](=O)[O-])O[N+](=O)[O-])n1Cc1ccc(C(=O)NCC(=O)OCCCCC(CO[N+](=O)[O-])O[N+](=O)[O-])cc1. The second-order valence-electron chi connectivity index (χ2n) is 14.2. The van der Waals surface area contributed by atoms with E-state index in [1.54, 1.807) is 36.5 Å². The van der Waals surface area contributed by atoms with Crippen molar-refractivity contribution < 1.29 is 68.3 Å². The molecule has 360 valence electrons. The zero-order chi connectivity index (χ0) is 48.3. The highest BCUT2D eigenvalue weighted by molar-refractivity contribution is 7.07. The molecule has 26 nitrogen and oxygen atoms in total. The monoisotopic (exact) mass is 950 g/mol. The lowest BCUT2D eigenvalue weighted by Crippen LogP contribution is -2.32. The molecule has 2 aromatic heterocycles. The second kappa shape index (κ2) is 29.1. The molecule has 0 fully saturated rings. The van der Waals surface area contributed by atoms with E-state index in [0.717, 1.165) is 29.8 Å². The van der Waals surface area contributed by atoms with Crippen LogP contribution in [-0.4, -0.2) is 105 Å². The third kappa shape index (κ3) is 21.3. The molecule has 66 heavy (non-hydrogen) atoms. The van der Waals surface area contributed by atoms with E-state index in [1.165, 1.54) is 11.3 Å². The molecule has 0 aliphatic carbocycles. The summed E-state index contributed by atoms with van der Waals surface area (Å²) in [5, 5.41) is 46.6. The Labute approximate surface area is 379 Å². The van der Waals surface area contributed by atoms with Crippen LogP contribution in [0, 0.1) is 40.5 Å². The van der Waals surface area contributed by atoms with Gasteiger partial charge in [0.05, 0.1) is 25.1 Å². The van der Waals surface area contributed by atoms with Crippen LogP contribution in [0.25, 0.3) is 6.08 Å². The number of nitrogens with zero attached hydrogens (tertiary/aromatic N) is 6. The molecule has 3 rings (SSSR count). The molecule has 1 aromatic carbocycles. The molecule has 0 bridgehead atoms. The number of rotatable bonds is 34. The molecular weight excluding hydrogens is 901 g/mol. The number of carbonyl (C=O) groups is 4. The van der Waals surface area contributed by atoms with Crippen LogP contribution in [-0.2, 0) is 62.6 Å². The Morgan fingerprint density at radius 2 is 1.33 bits per heavy atom. The van der Waals surface area contributed by atoms with Crippen molar-refractivity contribution in [3.05, 3.63) is 122 Å². The average Bonchev–Trinajstić information content (AvgIpc) is 3.93. The van der Waals surface area contributed by atoms with Crippen LogP contribution >= 0.6 is 11.3 Å². The number of ether oxygens (including phenoxy) is 2. The van der Waals surface area contributed by atoms with E-state index in [2.05, 4.69) is 35.0 Å². The fourth-order valence-corrected chi connectivity index (χ4v) is 6.67. The molecule has 0 spiro atoms. The molecule has 0 radical (unpaired) electrons. The third-order valence-corrected chi connectivity index (χ3v) is 9.96. The summed E-state index contributed by atoms with van der Waals surface area (Å²) in [5.41, 5.74) is 2.87. The molecule has 0 saturated carbocycles. The van der Waals surface area contributed by atoms with Crippen LogP contribution in [0.4, 0.5) is 0 Å². The summed E-state index contributed by atoms with van der Waals surface area (Å²) in [6.07, 6.45) is 4.72. The number of amides is 2. The normalized spacial score (nSPS) is 11.9. The van der Waals surface area contributed by atoms with Gasteiger partial charge in [0, 0.05) is 30.5 Å². The summed E-state index contributed by atoms with van der Waals surface area (Å²) in [7, 11) is 0. The van der Waals surface area contributed by atoms with Crippen molar-refractivity contribution in [3.63, 3.8) is 0 Å². The molecule has 0 saturated heterocycles. The van der Waals surface area contributed by atoms with E-state index in [-0.39, 0.29) is 63.7 Å². The van der Waals surface area contributed by atoms with Gasteiger partial charge in [0.25, 0.3) is 26.3 Å². The Bertz CT molecular complexity index is 2100. The fourth-order valence-electron chi connectivity index (χ4n) is 6.00. The van der Waals surface area contributed by atoms with E-state index in [4.69, 9.17) is 9.47 Å². The molecule has 27 heteroatoms. The Morgan fingerprint density at radius 1 is 0.758 bits per heavy atom. The van der Waals surface area contributed by atoms with Crippen molar-refractivity contribution >= 4 is 41.2 Å². The minimum absolute atomic E-state index is 0.0263. The number of unbranched alkanes of at least 4 members (excludes halogenated alkanes) is 3. The highest BCUT2D eigenvalue weighted by Gasteiger charge is 2.19. The van der Waals surface area contributed by atoms with Gasteiger partial charge in [-0.1, -0.05) is 25.5 Å². The van der Waals surface area contributed by atoms with Crippen molar-refractivity contribution in [1.82, 2.24) is 20.2 Å². The highest BCUT2D eigenvalue weighted by atomic mass is 32.1. The molecule has 0 aliphatic heterocycles. The highest BCUT2D eigenvalue weighted by Crippen LogP contribution is 2.20. The first-order valence-corrected chi connectivity index (χ1v) is 21.5. The lowest BCUT2D eigenvalue weighted by Gasteiger charge is -2.14. The lowest BCUT2D eigenvalue weighted by atomic mass is 10.1. The number of esters is 2. The van der Waals surface area contributed by atoms with Crippen molar-refractivity contribution in [1.29, 1.82) is 0 Å². The van der Waals surface area contributed by atoms with Gasteiger partial charge >= 0.3 is 11.9 Å². The first-order valence-electron chi connectivity index (χ1n) is 20.5. The summed E-state index contributed by atoms with van der Waals surface area (Å²) in [6.45, 7) is 0.0566. The van der Waals surface area contributed by atoms with E-state index in [0.29, 0.717) is 24.2 Å². The topological polar surface area (TPSA) is 338 Å². The van der Waals surface area contributed by atoms with E-state index >= 15 is 0 Å².